The van der Waals surface area contributed by atoms with E-state index in [0.717, 1.165) is 41.7 Å². The third-order valence-corrected chi connectivity index (χ3v) is 6.20. The van der Waals surface area contributed by atoms with Crippen LogP contribution >= 0.6 is 0 Å². The Balaban J connectivity index is 1.77. The van der Waals surface area contributed by atoms with E-state index in [4.69, 9.17) is 9.47 Å². The third-order valence-electron chi connectivity index (χ3n) is 6.20. The lowest BCUT2D eigenvalue weighted by Gasteiger charge is -2.51. The molecular weight excluding hydrogens is 352 g/mol. The summed E-state index contributed by atoms with van der Waals surface area (Å²) in [7, 11) is 1.65. The maximum Gasteiger partial charge on any atom is 0.330 e. The van der Waals surface area contributed by atoms with E-state index >= 15 is 0 Å². The molecule has 3 fully saturated rings. The van der Waals surface area contributed by atoms with Gasteiger partial charge in [0.25, 0.3) is 0 Å². The second-order valence-corrected chi connectivity index (χ2v) is 7.59. The first-order valence-electron chi connectivity index (χ1n) is 9.77. The summed E-state index contributed by atoms with van der Waals surface area (Å²) in [5.41, 5.74) is 1.82. The van der Waals surface area contributed by atoms with Crippen molar-refractivity contribution in [3.63, 3.8) is 0 Å². The van der Waals surface area contributed by atoms with E-state index in [1.165, 1.54) is 12.5 Å². The van der Waals surface area contributed by atoms with Gasteiger partial charge in [-0.05, 0) is 55.5 Å². The van der Waals surface area contributed by atoms with Crippen LogP contribution in [0.1, 0.15) is 24.5 Å². The summed E-state index contributed by atoms with van der Waals surface area (Å²) in [4.78, 5) is 19.1. The molecule has 5 rings (SSSR count). The Morgan fingerprint density at radius 3 is 2.89 bits per heavy atom. The number of hydrogen-bond acceptors (Lipinski definition) is 5. The van der Waals surface area contributed by atoms with Crippen LogP contribution < -0.4 is 4.74 Å². The average Bonchev–Trinajstić information content (AvgIpc) is 2.76. The van der Waals surface area contributed by atoms with Crippen LogP contribution in [0.2, 0.25) is 0 Å². The highest BCUT2D eigenvalue weighted by Crippen LogP contribution is 2.43. The standard InChI is InChI=1S/C23H26N2O3/c1-4-15-14-25-11-9-16(15)12-21(25)23(28-22(26)5-2)18-8-10-24-20-7-6-17(27-3)13-19(18)20/h4-8,10,13,15-16,21,23H,1-2,9,11-12,14H2,3H3/t15-,16-,21-,23+/m0/s1. The van der Waals surface area contributed by atoms with Crippen molar-refractivity contribution in [3.8, 4) is 5.75 Å². The highest BCUT2D eigenvalue weighted by molar-refractivity contribution is 5.85. The number of carbonyl (C=O) groups is 1. The molecule has 5 nitrogen and oxygen atoms in total. The molecule has 3 saturated heterocycles. The van der Waals surface area contributed by atoms with E-state index in [9.17, 15) is 4.79 Å². The maximum atomic E-state index is 12.2. The summed E-state index contributed by atoms with van der Waals surface area (Å²) in [6.45, 7) is 9.57. The molecule has 28 heavy (non-hydrogen) atoms. The van der Waals surface area contributed by atoms with Crippen LogP contribution in [0.25, 0.3) is 10.9 Å². The molecule has 1 aromatic heterocycles. The smallest absolute Gasteiger partial charge is 0.330 e. The third kappa shape index (κ3) is 3.31. The van der Waals surface area contributed by atoms with Crippen LogP contribution in [-0.4, -0.2) is 42.1 Å². The van der Waals surface area contributed by atoms with Gasteiger partial charge in [-0.3, -0.25) is 9.88 Å². The average molecular weight is 378 g/mol. The van der Waals surface area contributed by atoms with Crippen molar-refractivity contribution < 1.29 is 14.3 Å². The molecule has 1 unspecified atom stereocenters. The fraction of sp³-hybridized carbons (Fsp3) is 0.391. The number of rotatable bonds is 6. The summed E-state index contributed by atoms with van der Waals surface area (Å²) in [6, 6.07) is 7.89. The zero-order valence-corrected chi connectivity index (χ0v) is 16.2. The SMILES string of the molecule is C=CC(=O)O[C@H](c1ccnc2ccc(OC)cc12)[C@@H]1C[C@@H]2CCN1C[C@@H]2C=C. The van der Waals surface area contributed by atoms with Gasteiger partial charge in [0.2, 0.25) is 0 Å². The Morgan fingerprint density at radius 1 is 1.36 bits per heavy atom. The monoisotopic (exact) mass is 378 g/mol. The lowest BCUT2D eigenvalue weighted by molar-refractivity contribution is -0.151. The number of hydrogen-bond donors (Lipinski definition) is 0. The van der Waals surface area contributed by atoms with Crippen LogP contribution in [0.15, 0.2) is 55.8 Å². The molecule has 1 aromatic carbocycles. The second-order valence-electron chi connectivity index (χ2n) is 7.59. The molecule has 2 bridgehead atoms. The number of carbonyl (C=O) groups excluding carboxylic acids is 1. The zero-order valence-electron chi connectivity index (χ0n) is 16.2. The molecule has 0 amide bonds. The van der Waals surface area contributed by atoms with Gasteiger partial charge in [0.15, 0.2) is 0 Å². The van der Waals surface area contributed by atoms with Crippen molar-refractivity contribution in [1.82, 2.24) is 9.88 Å². The molecular formula is C23H26N2O3. The largest absolute Gasteiger partial charge is 0.497 e. The number of esters is 1. The zero-order chi connectivity index (χ0) is 19.7. The lowest BCUT2D eigenvalue weighted by Crippen LogP contribution is -2.55. The molecule has 4 heterocycles. The van der Waals surface area contributed by atoms with E-state index in [2.05, 4.69) is 29.1 Å². The molecule has 3 aliphatic heterocycles. The molecule has 0 saturated carbocycles. The number of pyridine rings is 1. The van der Waals surface area contributed by atoms with Crippen molar-refractivity contribution in [1.29, 1.82) is 0 Å². The van der Waals surface area contributed by atoms with Gasteiger partial charge in [-0.15, -0.1) is 6.58 Å². The molecule has 5 atom stereocenters. The number of methoxy groups -OCH3 is 1. The number of benzene rings is 1. The Hall–Kier alpha value is -2.66. The molecule has 0 radical (unpaired) electrons. The normalized spacial score (nSPS) is 27.2. The molecule has 3 aliphatic rings. The predicted octanol–water partition coefficient (Wildman–Crippen LogP) is 3.91. The van der Waals surface area contributed by atoms with Crippen molar-refractivity contribution in [2.45, 2.75) is 25.0 Å². The summed E-state index contributed by atoms with van der Waals surface area (Å²) in [5, 5.41) is 0.951. The van der Waals surface area contributed by atoms with Crippen LogP contribution in [0.3, 0.4) is 0 Å². The van der Waals surface area contributed by atoms with Gasteiger partial charge in [0.05, 0.1) is 18.7 Å². The van der Waals surface area contributed by atoms with Gasteiger partial charge < -0.3 is 9.47 Å². The number of ether oxygens (including phenoxy) is 2. The minimum Gasteiger partial charge on any atom is -0.497 e. The highest BCUT2D eigenvalue weighted by Gasteiger charge is 2.44. The highest BCUT2D eigenvalue weighted by atomic mass is 16.5. The summed E-state index contributed by atoms with van der Waals surface area (Å²) < 4.78 is 11.3. The summed E-state index contributed by atoms with van der Waals surface area (Å²) >= 11 is 0. The van der Waals surface area contributed by atoms with E-state index in [-0.39, 0.29) is 12.1 Å². The van der Waals surface area contributed by atoms with Gasteiger partial charge in [-0.2, -0.15) is 0 Å². The van der Waals surface area contributed by atoms with Crippen molar-refractivity contribution in [2.75, 3.05) is 20.2 Å². The van der Waals surface area contributed by atoms with Crippen LogP contribution in [0.5, 0.6) is 5.75 Å². The van der Waals surface area contributed by atoms with E-state index in [1.54, 1.807) is 13.3 Å². The molecule has 5 heteroatoms. The quantitative estimate of drug-likeness (QED) is 0.433. The molecule has 0 spiro atoms. The van der Waals surface area contributed by atoms with Crippen LogP contribution in [-0.2, 0) is 9.53 Å². The molecule has 146 valence electrons. The summed E-state index contributed by atoms with van der Waals surface area (Å²) in [6.07, 6.45) is 6.86. The van der Waals surface area contributed by atoms with E-state index < -0.39 is 5.97 Å². The van der Waals surface area contributed by atoms with Gasteiger partial charge in [-0.1, -0.05) is 12.7 Å². The Morgan fingerprint density at radius 2 is 2.21 bits per heavy atom. The minimum absolute atomic E-state index is 0.135. The van der Waals surface area contributed by atoms with Crippen molar-refractivity contribution in [3.05, 3.63) is 61.3 Å². The van der Waals surface area contributed by atoms with Gasteiger partial charge >= 0.3 is 5.97 Å². The molecule has 0 N–H and O–H groups in total. The van der Waals surface area contributed by atoms with Gasteiger partial charge in [0, 0.05) is 29.8 Å². The first-order valence-corrected chi connectivity index (χ1v) is 9.77. The van der Waals surface area contributed by atoms with E-state index in [1.807, 2.05) is 24.3 Å². The van der Waals surface area contributed by atoms with Gasteiger partial charge in [0.1, 0.15) is 11.9 Å². The number of aromatic nitrogens is 1. The number of nitrogens with zero attached hydrogens (tertiary/aromatic N) is 2. The first-order chi connectivity index (χ1) is 13.6. The maximum absolute atomic E-state index is 12.2. The van der Waals surface area contributed by atoms with E-state index in [0.29, 0.717) is 11.8 Å². The fourth-order valence-corrected chi connectivity index (χ4v) is 4.74. The fourth-order valence-electron chi connectivity index (χ4n) is 4.74. The molecule has 2 aromatic rings. The lowest BCUT2D eigenvalue weighted by atomic mass is 9.73. The Bertz CT molecular complexity index is 910. The minimum atomic E-state index is -0.402. The second kappa shape index (κ2) is 7.76. The predicted molar refractivity (Wildman–Crippen MR) is 109 cm³/mol. The Labute approximate surface area is 165 Å². The van der Waals surface area contributed by atoms with Gasteiger partial charge in [-0.25, -0.2) is 4.79 Å². The first kappa shape index (κ1) is 18.7. The van der Waals surface area contributed by atoms with Crippen LogP contribution in [0, 0.1) is 11.8 Å². The van der Waals surface area contributed by atoms with Crippen molar-refractivity contribution >= 4 is 16.9 Å². The molecule has 0 aliphatic carbocycles. The number of fused-ring (bicyclic) bond motifs is 4. The summed E-state index contributed by atoms with van der Waals surface area (Å²) in [5.74, 6) is 1.45. The van der Waals surface area contributed by atoms with Crippen LogP contribution in [0.4, 0.5) is 0 Å². The Kier molecular flexibility index (Phi) is 5.18. The topological polar surface area (TPSA) is 51.7 Å². The number of piperidine rings is 3. The van der Waals surface area contributed by atoms with Crippen molar-refractivity contribution in [2.24, 2.45) is 11.8 Å².